The molecule has 0 atom stereocenters. The van der Waals surface area contributed by atoms with Crippen LogP contribution in [0.15, 0.2) is 35.5 Å². The molecule has 1 aromatic carbocycles. The maximum atomic E-state index is 13.5. The van der Waals surface area contributed by atoms with Gasteiger partial charge in [0, 0.05) is 13.5 Å². The summed E-state index contributed by atoms with van der Waals surface area (Å²) in [4.78, 5) is 13.8. The minimum absolute atomic E-state index is 0.283. The highest BCUT2D eigenvalue weighted by Gasteiger charge is 2.11. The Kier molecular flexibility index (Phi) is 3.12. The molecular formula is C12H10FN3O. The van der Waals surface area contributed by atoms with Gasteiger partial charge < -0.3 is 0 Å². The second-order valence-corrected chi connectivity index (χ2v) is 3.57. The molecule has 1 aromatic heterocycles. The van der Waals surface area contributed by atoms with Gasteiger partial charge >= 0.3 is 0 Å². The van der Waals surface area contributed by atoms with Crippen LogP contribution in [0.5, 0.6) is 0 Å². The van der Waals surface area contributed by atoms with Crippen LogP contribution in [0.25, 0.3) is 0 Å². The monoisotopic (exact) mass is 231 g/mol. The van der Waals surface area contributed by atoms with Crippen LogP contribution >= 0.6 is 0 Å². The summed E-state index contributed by atoms with van der Waals surface area (Å²) in [5.74, 6) is -0.283. The van der Waals surface area contributed by atoms with Crippen LogP contribution in [-0.2, 0) is 18.3 Å². The largest absolute Gasteiger partial charge is 0.270 e. The summed E-state index contributed by atoms with van der Waals surface area (Å²) in [6.07, 6.45) is 3.26. The van der Waals surface area contributed by atoms with Crippen molar-refractivity contribution in [2.75, 3.05) is 0 Å². The molecule has 4 nitrogen and oxygen atoms in total. The zero-order valence-electron chi connectivity index (χ0n) is 9.22. The Bertz CT molecular complexity index is 585. The van der Waals surface area contributed by atoms with Crippen LogP contribution in [0.2, 0.25) is 0 Å². The van der Waals surface area contributed by atoms with Gasteiger partial charge in [-0.2, -0.15) is 10.1 Å². The molecule has 0 saturated carbocycles. The van der Waals surface area contributed by atoms with Crippen LogP contribution in [0.1, 0.15) is 11.3 Å². The normalized spacial score (nSPS) is 10.0. The highest BCUT2D eigenvalue weighted by Crippen LogP contribution is 2.21. The molecule has 5 heteroatoms. The Morgan fingerprint density at radius 3 is 2.94 bits per heavy atom. The van der Waals surface area contributed by atoms with E-state index in [1.807, 2.05) is 0 Å². The zero-order valence-corrected chi connectivity index (χ0v) is 9.22. The lowest BCUT2D eigenvalue weighted by Crippen LogP contribution is -2.00. The number of aliphatic imine (C=N–C) groups is 1. The average Bonchev–Trinajstić information content (AvgIpc) is 2.65. The minimum Gasteiger partial charge on any atom is -0.270 e. The van der Waals surface area contributed by atoms with E-state index in [9.17, 15) is 9.18 Å². The van der Waals surface area contributed by atoms with E-state index in [0.717, 1.165) is 0 Å². The van der Waals surface area contributed by atoms with E-state index in [-0.39, 0.29) is 5.82 Å². The fraction of sp³-hybridized carbons (Fsp3) is 0.167. The van der Waals surface area contributed by atoms with Gasteiger partial charge in [0.25, 0.3) is 0 Å². The quantitative estimate of drug-likeness (QED) is 0.600. The Morgan fingerprint density at radius 2 is 2.24 bits per heavy atom. The van der Waals surface area contributed by atoms with Crippen molar-refractivity contribution in [3.05, 3.63) is 47.5 Å². The van der Waals surface area contributed by atoms with E-state index in [2.05, 4.69) is 10.1 Å². The van der Waals surface area contributed by atoms with Gasteiger partial charge in [0.2, 0.25) is 6.08 Å². The molecule has 0 N–H and O–H groups in total. The second kappa shape index (κ2) is 4.72. The highest BCUT2D eigenvalue weighted by molar-refractivity contribution is 5.51. The fourth-order valence-corrected chi connectivity index (χ4v) is 1.62. The van der Waals surface area contributed by atoms with Crippen molar-refractivity contribution >= 4 is 11.8 Å². The molecule has 0 saturated heterocycles. The van der Waals surface area contributed by atoms with Crippen molar-refractivity contribution in [3.8, 4) is 0 Å². The van der Waals surface area contributed by atoms with Crippen molar-refractivity contribution in [3.63, 3.8) is 0 Å². The first-order chi connectivity index (χ1) is 8.22. The molecule has 0 aliphatic rings. The smallest absolute Gasteiger partial charge is 0.240 e. The lowest BCUT2D eigenvalue weighted by atomic mass is 10.1. The van der Waals surface area contributed by atoms with E-state index in [1.165, 1.54) is 18.3 Å². The molecule has 0 bridgehead atoms. The van der Waals surface area contributed by atoms with Gasteiger partial charge in [-0.15, -0.1) is 0 Å². The predicted molar refractivity (Wildman–Crippen MR) is 60.2 cm³/mol. The summed E-state index contributed by atoms with van der Waals surface area (Å²) in [5, 5.41) is 3.98. The van der Waals surface area contributed by atoms with E-state index in [0.29, 0.717) is 23.4 Å². The van der Waals surface area contributed by atoms with Crippen molar-refractivity contribution in [1.29, 1.82) is 0 Å². The number of isocyanates is 1. The third kappa shape index (κ3) is 2.29. The van der Waals surface area contributed by atoms with Crippen LogP contribution in [0.4, 0.5) is 10.1 Å². The van der Waals surface area contributed by atoms with Crippen LogP contribution in [0.3, 0.4) is 0 Å². The van der Waals surface area contributed by atoms with Crippen molar-refractivity contribution < 1.29 is 9.18 Å². The predicted octanol–water partition coefficient (Wildman–Crippen LogP) is 2.12. The van der Waals surface area contributed by atoms with Gasteiger partial charge in [-0.05, 0) is 11.6 Å². The summed E-state index contributed by atoms with van der Waals surface area (Å²) < 4.78 is 15.1. The van der Waals surface area contributed by atoms with Gasteiger partial charge in [0.15, 0.2) is 0 Å². The van der Waals surface area contributed by atoms with Gasteiger partial charge in [-0.3, -0.25) is 4.68 Å². The maximum absolute atomic E-state index is 13.5. The third-order valence-electron chi connectivity index (χ3n) is 2.52. The number of hydrogen-bond acceptors (Lipinski definition) is 3. The number of nitrogens with zero attached hydrogens (tertiary/aromatic N) is 3. The number of aryl methyl sites for hydroxylation is 1. The van der Waals surface area contributed by atoms with Gasteiger partial charge in [-0.1, -0.05) is 18.2 Å². The molecule has 0 aliphatic carbocycles. The topological polar surface area (TPSA) is 47.2 Å². The van der Waals surface area contributed by atoms with E-state index < -0.39 is 0 Å². The molecular weight excluding hydrogens is 221 g/mol. The lowest BCUT2D eigenvalue weighted by molar-refractivity contribution is 0.565. The summed E-state index contributed by atoms with van der Waals surface area (Å²) >= 11 is 0. The summed E-state index contributed by atoms with van der Waals surface area (Å²) in [6, 6.07) is 6.48. The van der Waals surface area contributed by atoms with Gasteiger partial charge in [0.05, 0.1) is 11.9 Å². The second-order valence-electron chi connectivity index (χ2n) is 3.57. The van der Waals surface area contributed by atoms with Crippen molar-refractivity contribution in [2.24, 2.45) is 12.0 Å². The molecule has 86 valence electrons. The SMILES string of the molecule is Cn1ncc(N=C=O)c1Cc1ccccc1F. The summed E-state index contributed by atoms with van der Waals surface area (Å²) in [5.41, 5.74) is 1.64. The third-order valence-corrected chi connectivity index (χ3v) is 2.52. The van der Waals surface area contributed by atoms with Crippen molar-refractivity contribution in [2.45, 2.75) is 6.42 Å². The molecule has 0 unspecified atom stereocenters. The molecule has 0 radical (unpaired) electrons. The molecule has 2 rings (SSSR count). The first-order valence-corrected chi connectivity index (χ1v) is 5.04. The molecule has 2 aromatic rings. The number of carbonyl (C=O) groups excluding carboxylic acids is 1. The van der Waals surface area contributed by atoms with Crippen LogP contribution in [-0.4, -0.2) is 15.9 Å². The molecule has 0 fully saturated rings. The molecule has 1 heterocycles. The molecule has 0 aliphatic heterocycles. The first kappa shape index (κ1) is 11.2. The summed E-state index contributed by atoms with van der Waals surface area (Å²) in [6.45, 7) is 0. The molecule has 0 spiro atoms. The number of rotatable bonds is 3. The Morgan fingerprint density at radius 1 is 1.47 bits per heavy atom. The fourth-order valence-electron chi connectivity index (χ4n) is 1.62. The number of halogens is 1. The highest BCUT2D eigenvalue weighted by atomic mass is 19.1. The minimum atomic E-state index is -0.283. The lowest BCUT2D eigenvalue weighted by Gasteiger charge is -2.04. The van der Waals surface area contributed by atoms with Gasteiger partial charge in [0.1, 0.15) is 11.5 Å². The Balaban J connectivity index is 2.39. The molecule has 17 heavy (non-hydrogen) atoms. The number of hydrogen-bond donors (Lipinski definition) is 0. The standard InChI is InChI=1S/C12H10FN3O/c1-16-12(11(7-15-16)14-8-17)6-9-4-2-3-5-10(9)13/h2-5,7H,6H2,1H3. The van der Waals surface area contributed by atoms with E-state index in [1.54, 1.807) is 29.9 Å². The zero-order chi connectivity index (χ0) is 12.3. The van der Waals surface area contributed by atoms with E-state index in [4.69, 9.17) is 0 Å². The number of benzene rings is 1. The first-order valence-electron chi connectivity index (χ1n) is 5.04. The molecule has 0 amide bonds. The van der Waals surface area contributed by atoms with E-state index >= 15 is 0 Å². The average molecular weight is 231 g/mol. The van der Waals surface area contributed by atoms with Crippen LogP contribution in [0, 0.1) is 5.82 Å². The Hall–Kier alpha value is -2.26. The van der Waals surface area contributed by atoms with Gasteiger partial charge in [-0.25, -0.2) is 9.18 Å². The Labute approximate surface area is 97.4 Å². The van der Waals surface area contributed by atoms with Crippen LogP contribution < -0.4 is 0 Å². The maximum Gasteiger partial charge on any atom is 0.240 e. The number of aromatic nitrogens is 2. The summed E-state index contributed by atoms with van der Waals surface area (Å²) in [7, 11) is 1.72. The van der Waals surface area contributed by atoms with Crippen molar-refractivity contribution in [1.82, 2.24) is 9.78 Å².